The van der Waals surface area contributed by atoms with Crippen molar-refractivity contribution in [2.75, 3.05) is 25.5 Å². The number of carbonyl (C=O) groups is 1. The molecule has 98 valence electrons. The Hall–Kier alpha value is -1.62. The second kappa shape index (κ2) is 4.94. The van der Waals surface area contributed by atoms with Gasteiger partial charge < -0.3 is 15.3 Å². The van der Waals surface area contributed by atoms with Crippen molar-refractivity contribution < 1.29 is 9.90 Å². The normalized spacial score (nSPS) is 18.5. The molecule has 1 saturated heterocycles. The van der Waals surface area contributed by atoms with Gasteiger partial charge in [0.2, 0.25) is 0 Å². The van der Waals surface area contributed by atoms with Crippen molar-refractivity contribution >= 4 is 11.6 Å². The number of nitrogens with one attached hydrogen (secondary N) is 1. The fraction of sp³-hybridized carbons (Fsp3) is 0.538. The first-order valence-electron chi connectivity index (χ1n) is 6.17. The summed E-state index contributed by atoms with van der Waals surface area (Å²) < 4.78 is 0. The molecule has 2 N–H and O–H groups in total. The first kappa shape index (κ1) is 12.8. The molecule has 0 unspecified atom stereocenters. The van der Waals surface area contributed by atoms with Gasteiger partial charge in [-0.25, -0.2) is 0 Å². The van der Waals surface area contributed by atoms with Crippen molar-refractivity contribution in [3.8, 4) is 0 Å². The van der Waals surface area contributed by atoms with Gasteiger partial charge in [-0.2, -0.15) is 0 Å². The standard InChI is InChI=1S/C13H19N3O2/c1-13(18)4-7-16(8-5-13)12(17)11-9-10(14-2)3-6-15-11/h3,6,9,18H,4-5,7-8H2,1-2H3,(H,14,15). The summed E-state index contributed by atoms with van der Waals surface area (Å²) in [6, 6.07) is 3.56. The van der Waals surface area contributed by atoms with Gasteiger partial charge in [0.1, 0.15) is 5.69 Å². The third-order valence-corrected chi connectivity index (χ3v) is 3.40. The van der Waals surface area contributed by atoms with E-state index < -0.39 is 5.60 Å². The Morgan fingerprint density at radius 2 is 2.17 bits per heavy atom. The molecule has 1 amide bonds. The number of aliphatic hydroxyl groups is 1. The maximum atomic E-state index is 12.2. The molecule has 0 bridgehead atoms. The predicted octanol–water partition coefficient (Wildman–Crippen LogP) is 1.11. The Labute approximate surface area is 107 Å². The van der Waals surface area contributed by atoms with Crippen LogP contribution in [0.5, 0.6) is 0 Å². The van der Waals surface area contributed by atoms with Crippen LogP contribution in [-0.4, -0.2) is 46.6 Å². The van der Waals surface area contributed by atoms with E-state index in [1.807, 2.05) is 20.0 Å². The van der Waals surface area contributed by atoms with Crippen LogP contribution in [0.15, 0.2) is 18.3 Å². The Bertz CT molecular complexity index is 436. The van der Waals surface area contributed by atoms with E-state index in [1.165, 1.54) is 0 Å². The molecular weight excluding hydrogens is 230 g/mol. The monoisotopic (exact) mass is 249 g/mol. The van der Waals surface area contributed by atoms with Crippen molar-refractivity contribution in [2.24, 2.45) is 0 Å². The molecule has 2 rings (SSSR count). The van der Waals surface area contributed by atoms with E-state index >= 15 is 0 Å². The number of piperidine rings is 1. The van der Waals surface area contributed by atoms with E-state index in [-0.39, 0.29) is 5.91 Å². The number of carbonyl (C=O) groups excluding carboxylic acids is 1. The predicted molar refractivity (Wildman–Crippen MR) is 69.5 cm³/mol. The number of pyridine rings is 1. The second-order valence-electron chi connectivity index (χ2n) is 4.97. The molecular formula is C13H19N3O2. The summed E-state index contributed by atoms with van der Waals surface area (Å²) in [6.45, 7) is 2.98. The third-order valence-electron chi connectivity index (χ3n) is 3.40. The fourth-order valence-corrected chi connectivity index (χ4v) is 2.06. The van der Waals surface area contributed by atoms with Crippen molar-refractivity contribution in [3.05, 3.63) is 24.0 Å². The minimum absolute atomic E-state index is 0.0670. The average Bonchev–Trinajstić information content (AvgIpc) is 2.38. The lowest BCUT2D eigenvalue weighted by molar-refractivity contribution is -0.00219. The molecule has 18 heavy (non-hydrogen) atoms. The number of aromatic nitrogens is 1. The van der Waals surface area contributed by atoms with E-state index in [2.05, 4.69) is 10.3 Å². The Balaban J connectivity index is 2.07. The number of rotatable bonds is 2. The highest BCUT2D eigenvalue weighted by Crippen LogP contribution is 2.22. The molecule has 2 heterocycles. The summed E-state index contributed by atoms with van der Waals surface area (Å²) in [7, 11) is 1.81. The summed E-state index contributed by atoms with van der Waals surface area (Å²) >= 11 is 0. The van der Waals surface area contributed by atoms with Crippen LogP contribution in [0.3, 0.4) is 0 Å². The lowest BCUT2D eigenvalue weighted by Gasteiger charge is -2.35. The maximum Gasteiger partial charge on any atom is 0.272 e. The van der Waals surface area contributed by atoms with Gasteiger partial charge in [-0.3, -0.25) is 9.78 Å². The van der Waals surface area contributed by atoms with Gasteiger partial charge >= 0.3 is 0 Å². The minimum Gasteiger partial charge on any atom is -0.390 e. The highest BCUT2D eigenvalue weighted by molar-refractivity contribution is 5.93. The molecule has 1 fully saturated rings. The van der Waals surface area contributed by atoms with Gasteiger partial charge in [0.25, 0.3) is 5.91 Å². The van der Waals surface area contributed by atoms with Gasteiger partial charge in [-0.1, -0.05) is 0 Å². The number of anilines is 1. The van der Waals surface area contributed by atoms with E-state index in [0.29, 0.717) is 31.6 Å². The van der Waals surface area contributed by atoms with Gasteiger partial charge in [-0.15, -0.1) is 0 Å². The molecule has 0 radical (unpaired) electrons. The van der Waals surface area contributed by atoms with E-state index in [1.54, 1.807) is 17.2 Å². The molecule has 0 spiro atoms. The summed E-state index contributed by atoms with van der Waals surface area (Å²) in [5, 5.41) is 12.9. The van der Waals surface area contributed by atoms with Gasteiger partial charge in [0.15, 0.2) is 0 Å². The van der Waals surface area contributed by atoms with Crippen molar-refractivity contribution in [1.82, 2.24) is 9.88 Å². The first-order chi connectivity index (χ1) is 8.52. The SMILES string of the molecule is CNc1ccnc(C(=O)N2CCC(C)(O)CC2)c1. The van der Waals surface area contributed by atoms with E-state index in [9.17, 15) is 9.90 Å². The number of amides is 1. The van der Waals surface area contributed by atoms with Crippen LogP contribution in [0.25, 0.3) is 0 Å². The fourth-order valence-electron chi connectivity index (χ4n) is 2.06. The molecule has 5 heteroatoms. The smallest absolute Gasteiger partial charge is 0.272 e. The molecule has 1 aromatic heterocycles. The van der Waals surface area contributed by atoms with Crippen LogP contribution in [0.4, 0.5) is 5.69 Å². The lowest BCUT2D eigenvalue weighted by Crippen LogP contribution is -2.45. The zero-order chi connectivity index (χ0) is 13.2. The van der Waals surface area contributed by atoms with Crippen LogP contribution in [0, 0.1) is 0 Å². The zero-order valence-corrected chi connectivity index (χ0v) is 10.8. The zero-order valence-electron chi connectivity index (χ0n) is 10.8. The molecule has 1 aliphatic heterocycles. The average molecular weight is 249 g/mol. The van der Waals surface area contributed by atoms with Gasteiger partial charge in [-0.05, 0) is 31.9 Å². The Morgan fingerprint density at radius 1 is 1.50 bits per heavy atom. The summed E-state index contributed by atoms with van der Waals surface area (Å²) in [5.41, 5.74) is 0.678. The van der Waals surface area contributed by atoms with Gasteiger partial charge in [0, 0.05) is 32.0 Å². The summed E-state index contributed by atoms with van der Waals surface area (Å²) in [6.07, 6.45) is 2.86. The number of hydrogen-bond donors (Lipinski definition) is 2. The summed E-state index contributed by atoms with van der Waals surface area (Å²) in [5.74, 6) is -0.0670. The molecule has 0 atom stereocenters. The second-order valence-corrected chi connectivity index (χ2v) is 4.97. The molecule has 0 saturated carbocycles. The summed E-state index contributed by atoms with van der Waals surface area (Å²) in [4.78, 5) is 18.1. The van der Waals surface area contributed by atoms with Crippen LogP contribution in [0.2, 0.25) is 0 Å². The number of nitrogens with zero attached hydrogens (tertiary/aromatic N) is 2. The lowest BCUT2D eigenvalue weighted by atomic mass is 9.94. The topological polar surface area (TPSA) is 65.5 Å². The molecule has 0 aliphatic carbocycles. The minimum atomic E-state index is -0.642. The maximum absolute atomic E-state index is 12.2. The van der Waals surface area contributed by atoms with E-state index in [0.717, 1.165) is 5.69 Å². The highest BCUT2D eigenvalue weighted by atomic mass is 16.3. The van der Waals surface area contributed by atoms with Crippen molar-refractivity contribution in [2.45, 2.75) is 25.4 Å². The third kappa shape index (κ3) is 2.79. The largest absolute Gasteiger partial charge is 0.390 e. The quantitative estimate of drug-likeness (QED) is 0.824. The Kier molecular flexibility index (Phi) is 3.52. The van der Waals surface area contributed by atoms with Gasteiger partial charge in [0.05, 0.1) is 5.60 Å². The number of hydrogen-bond acceptors (Lipinski definition) is 4. The van der Waals surface area contributed by atoms with E-state index in [4.69, 9.17) is 0 Å². The van der Waals surface area contributed by atoms with Crippen molar-refractivity contribution in [3.63, 3.8) is 0 Å². The van der Waals surface area contributed by atoms with Crippen LogP contribution in [-0.2, 0) is 0 Å². The number of likely N-dealkylation sites (tertiary alicyclic amines) is 1. The molecule has 0 aromatic carbocycles. The van der Waals surface area contributed by atoms with Crippen LogP contribution < -0.4 is 5.32 Å². The highest BCUT2D eigenvalue weighted by Gasteiger charge is 2.30. The molecule has 1 aliphatic rings. The first-order valence-corrected chi connectivity index (χ1v) is 6.17. The van der Waals surface area contributed by atoms with Crippen molar-refractivity contribution in [1.29, 1.82) is 0 Å². The molecule has 1 aromatic rings. The van der Waals surface area contributed by atoms with Crippen LogP contribution in [0.1, 0.15) is 30.3 Å². The Morgan fingerprint density at radius 3 is 2.78 bits per heavy atom. The van der Waals surface area contributed by atoms with Crippen LogP contribution >= 0.6 is 0 Å². The molecule has 5 nitrogen and oxygen atoms in total.